The number of nitrogens with one attached hydrogen (secondary N) is 1. The van der Waals surface area contributed by atoms with Crippen LogP contribution in [0.2, 0.25) is 0 Å². The summed E-state index contributed by atoms with van der Waals surface area (Å²) in [6.45, 7) is 9.77. The van der Waals surface area contributed by atoms with Gasteiger partial charge in [-0.1, -0.05) is 0 Å². The Kier molecular flexibility index (Phi) is 6.89. The molecule has 6 heteroatoms. The molecule has 0 bridgehead atoms. The summed E-state index contributed by atoms with van der Waals surface area (Å²) in [7, 11) is 0. The minimum Gasteiger partial charge on any atom is -0.466 e. The first-order chi connectivity index (χ1) is 11.2. The molecular formula is C17H27N3O2S. The van der Waals surface area contributed by atoms with E-state index in [0.717, 1.165) is 38.4 Å². The van der Waals surface area contributed by atoms with Crippen molar-refractivity contribution in [2.75, 3.05) is 26.2 Å². The highest BCUT2D eigenvalue weighted by atomic mass is 32.1. The largest absolute Gasteiger partial charge is 0.466 e. The highest BCUT2D eigenvalue weighted by Gasteiger charge is 2.27. The summed E-state index contributed by atoms with van der Waals surface area (Å²) in [4.78, 5) is 20.2. The van der Waals surface area contributed by atoms with E-state index in [1.54, 1.807) is 11.3 Å². The number of ether oxygens (including phenoxy) is 1. The fraction of sp³-hybridized carbons (Fsp3) is 0.647. The highest BCUT2D eigenvalue weighted by molar-refractivity contribution is 7.10. The van der Waals surface area contributed by atoms with Crippen LogP contribution in [0.4, 0.5) is 0 Å². The molecule has 2 heterocycles. The fourth-order valence-electron chi connectivity index (χ4n) is 2.73. The summed E-state index contributed by atoms with van der Waals surface area (Å²) >= 11 is 1.75. The summed E-state index contributed by atoms with van der Waals surface area (Å²) in [5, 5.41) is 5.48. The van der Waals surface area contributed by atoms with E-state index in [1.165, 1.54) is 10.4 Å². The van der Waals surface area contributed by atoms with Crippen LogP contribution < -0.4 is 5.32 Å². The molecule has 0 amide bonds. The van der Waals surface area contributed by atoms with Gasteiger partial charge in [-0.2, -0.15) is 0 Å². The number of carbonyl (C=O) groups is 1. The maximum atomic E-state index is 11.8. The number of nitrogens with zero attached hydrogens (tertiary/aromatic N) is 2. The molecule has 0 saturated carbocycles. The zero-order chi connectivity index (χ0) is 16.7. The van der Waals surface area contributed by atoms with Gasteiger partial charge in [-0.3, -0.25) is 4.79 Å². The van der Waals surface area contributed by atoms with Gasteiger partial charge in [0, 0.05) is 24.5 Å². The molecule has 0 spiro atoms. The van der Waals surface area contributed by atoms with Crippen LogP contribution in [-0.4, -0.2) is 43.1 Å². The van der Waals surface area contributed by atoms with Gasteiger partial charge >= 0.3 is 5.97 Å². The number of aryl methyl sites for hydroxylation is 1. The number of piperidine rings is 1. The highest BCUT2D eigenvalue weighted by Crippen LogP contribution is 2.20. The third-order valence-electron chi connectivity index (χ3n) is 4.09. The third kappa shape index (κ3) is 4.96. The Morgan fingerprint density at radius 2 is 2.17 bits per heavy atom. The summed E-state index contributed by atoms with van der Waals surface area (Å²) in [5.74, 6) is 0.930. The van der Waals surface area contributed by atoms with Gasteiger partial charge in [-0.05, 0) is 50.6 Å². The molecule has 1 fully saturated rings. The maximum Gasteiger partial charge on any atom is 0.309 e. The number of rotatable bonds is 5. The molecule has 1 aliphatic heterocycles. The predicted octanol–water partition coefficient (Wildman–Crippen LogP) is 2.80. The molecule has 1 aliphatic rings. The first kappa shape index (κ1) is 17.8. The first-order valence-corrected chi connectivity index (χ1v) is 9.26. The molecule has 1 saturated heterocycles. The van der Waals surface area contributed by atoms with Gasteiger partial charge in [0.1, 0.15) is 0 Å². The Hall–Kier alpha value is -1.56. The smallest absolute Gasteiger partial charge is 0.309 e. The minimum atomic E-state index is -0.0525. The maximum absolute atomic E-state index is 11.8. The number of guanidine groups is 1. The lowest BCUT2D eigenvalue weighted by molar-refractivity contribution is -0.149. The van der Waals surface area contributed by atoms with E-state index in [9.17, 15) is 4.79 Å². The molecule has 0 aliphatic carbocycles. The topological polar surface area (TPSA) is 53.9 Å². The van der Waals surface area contributed by atoms with Gasteiger partial charge in [0.05, 0.1) is 19.1 Å². The fourth-order valence-corrected chi connectivity index (χ4v) is 3.56. The zero-order valence-electron chi connectivity index (χ0n) is 14.3. The molecule has 2 rings (SSSR count). The Morgan fingerprint density at radius 3 is 2.74 bits per heavy atom. The van der Waals surface area contributed by atoms with E-state index in [0.29, 0.717) is 13.2 Å². The van der Waals surface area contributed by atoms with Crippen molar-refractivity contribution in [2.24, 2.45) is 10.9 Å². The lowest BCUT2D eigenvalue weighted by Crippen LogP contribution is -2.46. The van der Waals surface area contributed by atoms with Gasteiger partial charge in [-0.15, -0.1) is 11.3 Å². The van der Waals surface area contributed by atoms with Crippen LogP contribution in [0, 0.1) is 12.8 Å². The molecule has 1 aromatic rings. The molecule has 128 valence electrons. The average molecular weight is 337 g/mol. The Labute approximate surface area is 142 Å². The van der Waals surface area contributed by atoms with Crippen molar-refractivity contribution in [1.82, 2.24) is 10.2 Å². The number of hydrogen-bond donors (Lipinski definition) is 1. The number of hydrogen-bond acceptors (Lipinski definition) is 4. The summed E-state index contributed by atoms with van der Waals surface area (Å²) in [6, 6.07) is 2.13. The minimum absolute atomic E-state index is 0.0358. The van der Waals surface area contributed by atoms with Gasteiger partial charge in [0.2, 0.25) is 0 Å². The van der Waals surface area contributed by atoms with Gasteiger partial charge in [0.25, 0.3) is 0 Å². The van der Waals surface area contributed by atoms with Crippen molar-refractivity contribution < 1.29 is 9.53 Å². The molecule has 0 radical (unpaired) electrons. The lowest BCUT2D eigenvalue weighted by atomic mass is 9.97. The third-order valence-corrected chi connectivity index (χ3v) is 5.10. The van der Waals surface area contributed by atoms with E-state index in [2.05, 4.69) is 35.5 Å². The number of carbonyl (C=O) groups excluding carboxylic acids is 1. The van der Waals surface area contributed by atoms with Crippen molar-refractivity contribution in [3.8, 4) is 0 Å². The number of thiophene rings is 1. The second kappa shape index (κ2) is 8.91. The lowest BCUT2D eigenvalue weighted by Gasteiger charge is -2.33. The zero-order valence-corrected chi connectivity index (χ0v) is 15.1. The summed E-state index contributed by atoms with van der Waals surface area (Å²) in [6.07, 6.45) is 1.67. The van der Waals surface area contributed by atoms with Gasteiger partial charge < -0.3 is 15.0 Å². The van der Waals surface area contributed by atoms with Crippen LogP contribution in [-0.2, 0) is 16.1 Å². The van der Waals surface area contributed by atoms with Crippen LogP contribution >= 0.6 is 11.3 Å². The average Bonchev–Trinajstić information content (AvgIpc) is 2.97. The summed E-state index contributed by atoms with van der Waals surface area (Å²) < 4.78 is 5.13. The molecular weight excluding hydrogens is 310 g/mol. The van der Waals surface area contributed by atoms with E-state index in [-0.39, 0.29) is 11.9 Å². The van der Waals surface area contributed by atoms with Gasteiger partial charge in [-0.25, -0.2) is 4.99 Å². The first-order valence-electron chi connectivity index (χ1n) is 8.38. The number of likely N-dealkylation sites (tertiary alicyclic amines) is 1. The van der Waals surface area contributed by atoms with Crippen molar-refractivity contribution in [3.63, 3.8) is 0 Å². The van der Waals surface area contributed by atoms with Crippen LogP contribution in [0.15, 0.2) is 16.4 Å². The molecule has 0 atom stereocenters. The summed E-state index contributed by atoms with van der Waals surface area (Å²) in [5.41, 5.74) is 1.30. The van der Waals surface area contributed by atoms with Crippen LogP contribution in [0.5, 0.6) is 0 Å². The van der Waals surface area contributed by atoms with Crippen molar-refractivity contribution in [2.45, 2.75) is 40.2 Å². The molecule has 0 unspecified atom stereocenters. The number of aliphatic imine (C=N–C) groups is 1. The van der Waals surface area contributed by atoms with E-state index < -0.39 is 0 Å². The van der Waals surface area contributed by atoms with Crippen LogP contribution in [0.3, 0.4) is 0 Å². The Bertz CT molecular complexity index is 534. The van der Waals surface area contributed by atoms with Crippen LogP contribution in [0.1, 0.15) is 37.1 Å². The van der Waals surface area contributed by atoms with Crippen LogP contribution in [0.25, 0.3) is 0 Å². The molecule has 23 heavy (non-hydrogen) atoms. The van der Waals surface area contributed by atoms with E-state index in [1.807, 2.05) is 6.92 Å². The van der Waals surface area contributed by atoms with Gasteiger partial charge in [0.15, 0.2) is 5.96 Å². The molecule has 5 nitrogen and oxygen atoms in total. The standard InChI is InChI=1S/C17H27N3O2S/c1-4-18-17(19-12-15-13(3)8-11-23-15)20-9-6-14(7-10-20)16(21)22-5-2/h8,11,14H,4-7,9-10,12H2,1-3H3,(H,18,19). The van der Waals surface area contributed by atoms with Crippen molar-refractivity contribution >= 4 is 23.3 Å². The second-order valence-corrected chi connectivity index (χ2v) is 6.71. The quantitative estimate of drug-likeness (QED) is 0.510. The van der Waals surface area contributed by atoms with Crippen molar-refractivity contribution in [3.05, 3.63) is 21.9 Å². The Morgan fingerprint density at radius 1 is 1.43 bits per heavy atom. The van der Waals surface area contributed by atoms with E-state index >= 15 is 0 Å². The normalized spacial score (nSPS) is 16.5. The second-order valence-electron chi connectivity index (χ2n) is 5.71. The molecule has 1 aromatic heterocycles. The molecule has 1 N–H and O–H groups in total. The monoisotopic (exact) mass is 337 g/mol. The number of esters is 1. The molecule has 0 aromatic carbocycles. The predicted molar refractivity (Wildman–Crippen MR) is 94.8 cm³/mol. The Balaban J connectivity index is 1.94. The van der Waals surface area contributed by atoms with E-state index in [4.69, 9.17) is 9.73 Å². The van der Waals surface area contributed by atoms with Crippen molar-refractivity contribution in [1.29, 1.82) is 0 Å². The SMILES string of the molecule is CCNC(=NCc1sccc1C)N1CCC(C(=O)OCC)CC1.